The van der Waals surface area contributed by atoms with Crippen LogP contribution < -0.4 is 5.73 Å². The molecule has 0 saturated heterocycles. The molecule has 18 heavy (non-hydrogen) atoms. The molecule has 1 atom stereocenters. The first-order chi connectivity index (χ1) is 8.49. The summed E-state index contributed by atoms with van der Waals surface area (Å²) in [7, 11) is 1.86. The van der Waals surface area contributed by atoms with Crippen molar-refractivity contribution in [1.82, 2.24) is 4.90 Å². The Labute approximate surface area is 110 Å². The zero-order valence-corrected chi connectivity index (χ0v) is 11.6. The zero-order valence-electron chi connectivity index (χ0n) is 11.6. The number of benzene rings is 1. The molecule has 0 fully saturated rings. The summed E-state index contributed by atoms with van der Waals surface area (Å²) >= 11 is 0. The second-order valence-corrected chi connectivity index (χ2v) is 5.07. The van der Waals surface area contributed by atoms with E-state index >= 15 is 0 Å². The molecular weight excluding hydrogens is 224 g/mol. The Kier molecular flexibility index (Phi) is 5.86. The van der Waals surface area contributed by atoms with Crippen LogP contribution in [0.2, 0.25) is 0 Å². The van der Waals surface area contributed by atoms with Crippen LogP contribution in [0.1, 0.15) is 30.9 Å². The number of likely N-dealkylation sites (N-methyl/N-ethyl adjacent to an activating group) is 1. The lowest BCUT2D eigenvalue weighted by molar-refractivity contribution is -0.130. The van der Waals surface area contributed by atoms with E-state index in [1.807, 2.05) is 14.0 Å². The molecule has 1 aromatic rings. The van der Waals surface area contributed by atoms with Crippen molar-refractivity contribution >= 4 is 5.91 Å². The lowest BCUT2D eigenvalue weighted by Gasteiger charge is -2.17. The van der Waals surface area contributed by atoms with E-state index < -0.39 is 0 Å². The molecule has 0 aliphatic rings. The minimum absolute atomic E-state index is 0.0964. The van der Waals surface area contributed by atoms with E-state index in [-0.39, 0.29) is 11.9 Å². The number of carbonyl (C=O) groups is 1. The minimum atomic E-state index is 0.0964. The summed E-state index contributed by atoms with van der Waals surface area (Å²) in [4.78, 5) is 13.6. The molecule has 0 bridgehead atoms. The minimum Gasteiger partial charge on any atom is -0.345 e. The number of nitrogens with zero attached hydrogens (tertiary/aromatic N) is 1. The van der Waals surface area contributed by atoms with E-state index in [1.54, 1.807) is 4.90 Å². The molecule has 1 rings (SSSR count). The molecule has 2 N–H and O–H groups in total. The number of nitrogens with two attached hydrogens (primary N) is 1. The average Bonchev–Trinajstić information content (AvgIpc) is 2.33. The molecule has 0 heterocycles. The summed E-state index contributed by atoms with van der Waals surface area (Å²) in [5.41, 5.74) is 8.19. The van der Waals surface area contributed by atoms with Gasteiger partial charge in [-0.05, 0) is 32.3 Å². The van der Waals surface area contributed by atoms with Crippen LogP contribution >= 0.6 is 0 Å². The largest absolute Gasteiger partial charge is 0.345 e. The lowest BCUT2D eigenvalue weighted by Crippen LogP contribution is -2.30. The maximum Gasteiger partial charge on any atom is 0.222 e. The predicted molar refractivity (Wildman–Crippen MR) is 75.4 cm³/mol. The van der Waals surface area contributed by atoms with Gasteiger partial charge in [-0.25, -0.2) is 0 Å². The van der Waals surface area contributed by atoms with Gasteiger partial charge in [-0.15, -0.1) is 0 Å². The molecule has 0 aromatic heterocycles. The van der Waals surface area contributed by atoms with E-state index in [0.29, 0.717) is 6.42 Å². The summed E-state index contributed by atoms with van der Waals surface area (Å²) in [6.07, 6.45) is 2.21. The third kappa shape index (κ3) is 5.32. The van der Waals surface area contributed by atoms with Crippen molar-refractivity contribution in [1.29, 1.82) is 0 Å². The molecule has 1 aromatic carbocycles. The molecule has 1 amide bonds. The Morgan fingerprint density at radius 1 is 1.44 bits per heavy atom. The standard InChI is InChI=1S/C15H24N2O/c1-12-5-4-6-14(11-12)9-10-17(3)15(18)8-7-13(2)16/h4-6,11,13H,7-10,16H2,1-3H3. The van der Waals surface area contributed by atoms with Crippen LogP contribution in [0, 0.1) is 6.92 Å². The van der Waals surface area contributed by atoms with Crippen LogP contribution in [-0.4, -0.2) is 30.4 Å². The lowest BCUT2D eigenvalue weighted by atomic mass is 10.1. The summed E-state index contributed by atoms with van der Waals surface area (Å²) in [6.45, 7) is 4.78. The van der Waals surface area contributed by atoms with Gasteiger partial charge in [0.25, 0.3) is 0 Å². The second kappa shape index (κ2) is 7.17. The van der Waals surface area contributed by atoms with Gasteiger partial charge in [0, 0.05) is 26.1 Å². The van der Waals surface area contributed by atoms with Crippen molar-refractivity contribution in [3.05, 3.63) is 35.4 Å². The van der Waals surface area contributed by atoms with Crippen LogP contribution in [0.5, 0.6) is 0 Å². The Hall–Kier alpha value is -1.35. The molecule has 0 saturated carbocycles. The Bertz CT molecular complexity index is 388. The molecule has 0 aliphatic heterocycles. The van der Waals surface area contributed by atoms with Crippen molar-refractivity contribution in [3.63, 3.8) is 0 Å². The first-order valence-corrected chi connectivity index (χ1v) is 6.54. The van der Waals surface area contributed by atoms with Gasteiger partial charge >= 0.3 is 0 Å². The monoisotopic (exact) mass is 248 g/mol. The SMILES string of the molecule is Cc1cccc(CCN(C)C(=O)CCC(C)N)c1. The van der Waals surface area contributed by atoms with Gasteiger partial charge in [0.2, 0.25) is 5.91 Å². The van der Waals surface area contributed by atoms with E-state index in [0.717, 1.165) is 19.4 Å². The highest BCUT2D eigenvalue weighted by Gasteiger charge is 2.09. The summed E-state index contributed by atoms with van der Waals surface area (Å²) in [5.74, 6) is 0.181. The van der Waals surface area contributed by atoms with Crippen LogP contribution in [-0.2, 0) is 11.2 Å². The van der Waals surface area contributed by atoms with Crippen LogP contribution in [0.25, 0.3) is 0 Å². The van der Waals surface area contributed by atoms with Gasteiger partial charge < -0.3 is 10.6 Å². The van der Waals surface area contributed by atoms with E-state index in [9.17, 15) is 4.79 Å². The fourth-order valence-electron chi connectivity index (χ4n) is 1.83. The van der Waals surface area contributed by atoms with Crippen molar-refractivity contribution < 1.29 is 4.79 Å². The number of amides is 1. The molecule has 0 spiro atoms. The highest BCUT2D eigenvalue weighted by atomic mass is 16.2. The fourth-order valence-corrected chi connectivity index (χ4v) is 1.83. The highest BCUT2D eigenvalue weighted by molar-refractivity contribution is 5.75. The number of rotatable bonds is 6. The number of aryl methyl sites for hydroxylation is 1. The number of carbonyl (C=O) groups excluding carboxylic acids is 1. The third-order valence-electron chi connectivity index (χ3n) is 3.06. The summed E-state index contributed by atoms with van der Waals surface area (Å²) in [6, 6.07) is 8.51. The van der Waals surface area contributed by atoms with E-state index in [2.05, 4.69) is 31.2 Å². The van der Waals surface area contributed by atoms with Crippen LogP contribution in [0.3, 0.4) is 0 Å². The number of hydrogen-bond acceptors (Lipinski definition) is 2. The predicted octanol–water partition coefficient (Wildman–Crippen LogP) is 2.12. The smallest absolute Gasteiger partial charge is 0.222 e. The molecule has 0 aliphatic carbocycles. The van der Waals surface area contributed by atoms with Crippen molar-refractivity contribution in [2.45, 2.75) is 39.2 Å². The topological polar surface area (TPSA) is 46.3 Å². The Morgan fingerprint density at radius 2 is 2.17 bits per heavy atom. The average molecular weight is 248 g/mol. The normalized spacial score (nSPS) is 12.2. The fraction of sp³-hybridized carbons (Fsp3) is 0.533. The van der Waals surface area contributed by atoms with Gasteiger partial charge in [0.15, 0.2) is 0 Å². The van der Waals surface area contributed by atoms with Gasteiger partial charge in [0.1, 0.15) is 0 Å². The van der Waals surface area contributed by atoms with Gasteiger partial charge in [-0.3, -0.25) is 4.79 Å². The van der Waals surface area contributed by atoms with E-state index in [1.165, 1.54) is 11.1 Å². The van der Waals surface area contributed by atoms with Crippen molar-refractivity contribution in [2.75, 3.05) is 13.6 Å². The van der Waals surface area contributed by atoms with Crippen molar-refractivity contribution in [3.8, 4) is 0 Å². The van der Waals surface area contributed by atoms with Gasteiger partial charge in [-0.1, -0.05) is 29.8 Å². The molecule has 3 heteroatoms. The van der Waals surface area contributed by atoms with E-state index in [4.69, 9.17) is 5.73 Å². The molecule has 0 radical (unpaired) electrons. The highest BCUT2D eigenvalue weighted by Crippen LogP contribution is 2.06. The van der Waals surface area contributed by atoms with Gasteiger partial charge in [0.05, 0.1) is 0 Å². The summed E-state index contributed by atoms with van der Waals surface area (Å²) in [5, 5.41) is 0. The number of hydrogen-bond donors (Lipinski definition) is 1. The molecule has 1 unspecified atom stereocenters. The summed E-state index contributed by atoms with van der Waals surface area (Å²) < 4.78 is 0. The Balaban J connectivity index is 2.36. The first-order valence-electron chi connectivity index (χ1n) is 6.54. The zero-order chi connectivity index (χ0) is 13.5. The third-order valence-corrected chi connectivity index (χ3v) is 3.06. The molecular formula is C15H24N2O. The quantitative estimate of drug-likeness (QED) is 0.838. The van der Waals surface area contributed by atoms with Crippen LogP contribution in [0.15, 0.2) is 24.3 Å². The molecule has 3 nitrogen and oxygen atoms in total. The second-order valence-electron chi connectivity index (χ2n) is 5.07. The Morgan fingerprint density at radius 3 is 2.78 bits per heavy atom. The maximum atomic E-state index is 11.8. The van der Waals surface area contributed by atoms with Crippen LogP contribution in [0.4, 0.5) is 0 Å². The van der Waals surface area contributed by atoms with Gasteiger partial charge in [-0.2, -0.15) is 0 Å². The van der Waals surface area contributed by atoms with Crippen molar-refractivity contribution in [2.24, 2.45) is 5.73 Å². The molecule has 100 valence electrons. The first kappa shape index (κ1) is 14.7. The maximum absolute atomic E-state index is 11.8.